The standard InChI is InChI=1S/C16H16O3/c1-12-11-13(7-8-15(12)17)9-10-19-16(18)14-5-3-2-4-6-14/h2-8,11,17H,9-10H2,1H3. The zero-order chi connectivity index (χ0) is 13.7. The summed E-state index contributed by atoms with van der Waals surface area (Å²) in [7, 11) is 0. The average molecular weight is 256 g/mol. The van der Waals surface area contributed by atoms with Gasteiger partial charge in [0, 0.05) is 6.42 Å². The highest BCUT2D eigenvalue weighted by molar-refractivity contribution is 5.89. The Morgan fingerprint density at radius 1 is 1.16 bits per heavy atom. The fraction of sp³-hybridized carbons (Fsp3) is 0.188. The summed E-state index contributed by atoms with van der Waals surface area (Å²) in [5.41, 5.74) is 2.42. The molecule has 0 radical (unpaired) electrons. The van der Waals surface area contributed by atoms with Gasteiger partial charge in [0.25, 0.3) is 0 Å². The highest BCUT2D eigenvalue weighted by Gasteiger charge is 2.06. The van der Waals surface area contributed by atoms with E-state index in [0.717, 1.165) is 11.1 Å². The molecule has 0 saturated heterocycles. The van der Waals surface area contributed by atoms with Gasteiger partial charge in [-0.15, -0.1) is 0 Å². The van der Waals surface area contributed by atoms with Crippen LogP contribution in [0, 0.1) is 6.92 Å². The minimum Gasteiger partial charge on any atom is -0.508 e. The van der Waals surface area contributed by atoms with Crippen molar-refractivity contribution in [2.24, 2.45) is 0 Å². The summed E-state index contributed by atoms with van der Waals surface area (Å²) in [6, 6.07) is 14.3. The van der Waals surface area contributed by atoms with E-state index in [4.69, 9.17) is 4.74 Å². The maximum Gasteiger partial charge on any atom is 0.338 e. The smallest absolute Gasteiger partial charge is 0.338 e. The van der Waals surface area contributed by atoms with Gasteiger partial charge >= 0.3 is 5.97 Å². The predicted molar refractivity (Wildman–Crippen MR) is 73.3 cm³/mol. The second kappa shape index (κ2) is 6.05. The zero-order valence-electron chi connectivity index (χ0n) is 10.8. The van der Waals surface area contributed by atoms with E-state index < -0.39 is 0 Å². The van der Waals surface area contributed by atoms with Gasteiger partial charge in [-0.05, 0) is 36.2 Å². The molecule has 2 aromatic rings. The van der Waals surface area contributed by atoms with Crippen molar-refractivity contribution in [1.29, 1.82) is 0 Å². The number of phenolic OH excluding ortho intramolecular Hbond substituents is 1. The van der Waals surface area contributed by atoms with Crippen LogP contribution in [0.5, 0.6) is 5.75 Å². The van der Waals surface area contributed by atoms with Gasteiger partial charge in [-0.3, -0.25) is 0 Å². The van der Waals surface area contributed by atoms with Gasteiger partial charge in [0.05, 0.1) is 12.2 Å². The minimum atomic E-state index is -0.309. The number of esters is 1. The fourth-order valence-corrected chi connectivity index (χ4v) is 1.79. The highest BCUT2D eigenvalue weighted by atomic mass is 16.5. The Kier molecular flexibility index (Phi) is 4.18. The molecule has 2 rings (SSSR count). The molecule has 0 atom stereocenters. The summed E-state index contributed by atoms with van der Waals surface area (Å²) in [6.07, 6.45) is 0.639. The van der Waals surface area contributed by atoms with Crippen LogP contribution in [0.3, 0.4) is 0 Å². The first-order valence-corrected chi connectivity index (χ1v) is 6.17. The van der Waals surface area contributed by atoms with Gasteiger partial charge in [-0.25, -0.2) is 4.79 Å². The van der Waals surface area contributed by atoms with E-state index in [2.05, 4.69) is 0 Å². The molecule has 0 aliphatic carbocycles. The third kappa shape index (κ3) is 3.58. The lowest BCUT2D eigenvalue weighted by atomic mass is 10.1. The molecule has 0 aliphatic heterocycles. The largest absolute Gasteiger partial charge is 0.508 e. The molecular weight excluding hydrogens is 240 g/mol. The Morgan fingerprint density at radius 3 is 2.58 bits per heavy atom. The summed E-state index contributed by atoms with van der Waals surface area (Å²) < 4.78 is 5.20. The fourth-order valence-electron chi connectivity index (χ4n) is 1.79. The van der Waals surface area contributed by atoms with Crippen LogP contribution in [0.15, 0.2) is 48.5 Å². The molecule has 0 amide bonds. The molecule has 2 aromatic carbocycles. The molecule has 0 spiro atoms. The average Bonchev–Trinajstić information content (AvgIpc) is 2.43. The van der Waals surface area contributed by atoms with Crippen molar-refractivity contribution in [2.45, 2.75) is 13.3 Å². The molecular formula is C16H16O3. The van der Waals surface area contributed by atoms with Crippen LogP contribution in [-0.2, 0) is 11.2 Å². The molecule has 0 unspecified atom stereocenters. The Morgan fingerprint density at radius 2 is 1.89 bits per heavy atom. The van der Waals surface area contributed by atoms with Gasteiger partial charge in [0.15, 0.2) is 0 Å². The summed E-state index contributed by atoms with van der Waals surface area (Å²) in [6.45, 7) is 2.17. The number of rotatable bonds is 4. The van der Waals surface area contributed by atoms with Crippen molar-refractivity contribution >= 4 is 5.97 Å². The first-order valence-electron chi connectivity index (χ1n) is 6.17. The van der Waals surface area contributed by atoms with Crippen LogP contribution < -0.4 is 0 Å². The van der Waals surface area contributed by atoms with Crippen LogP contribution in [0.1, 0.15) is 21.5 Å². The van der Waals surface area contributed by atoms with Crippen molar-refractivity contribution in [3.05, 3.63) is 65.2 Å². The van der Waals surface area contributed by atoms with Gasteiger partial charge in [-0.1, -0.05) is 30.3 Å². The second-order valence-corrected chi connectivity index (χ2v) is 4.37. The summed E-state index contributed by atoms with van der Waals surface area (Å²) in [5.74, 6) is -0.0267. The quantitative estimate of drug-likeness (QED) is 0.855. The van der Waals surface area contributed by atoms with E-state index in [1.165, 1.54) is 0 Å². The van der Waals surface area contributed by atoms with Crippen LogP contribution in [0.4, 0.5) is 0 Å². The molecule has 0 aliphatic rings. The van der Waals surface area contributed by atoms with Crippen molar-refractivity contribution in [3.63, 3.8) is 0 Å². The maximum absolute atomic E-state index is 11.7. The molecule has 3 nitrogen and oxygen atoms in total. The topological polar surface area (TPSA) is 46.5 Å². The van der Waals surface area contributed by atoms with Crippen LogP contribution >= 0.6 is 0 Å². The molecule has 1 N–H and O–H groups in total. The van der Waals surface area contributed by atoms with Crippen molar-refractivity contribution < 1.29 is 14.6 Å². The number of phenols is 1. The third-order valence-electron chi connectivity index (χ3n) is 2.89. The molecule has 19 heavy (non-hydrogen) atoms. The maximum atomic E-state index is 11.7. The van der Waals surface area contributed by atoms with E-state index in [1.807, 2.05) is 25.1 Å². The number of ether oxygens (including phenoxy) is 1. The Hall–Kier alpha value is -2.29. The van der Waals surface area contributed by atoms with E-state index in [0.29, 0.717) is 18.6 Å². The van der Waals surface area contributed by atoms with Gasteiger partial charge in [-0.2, -0.15) is 0 Å². The number of carbonyl (C=O) groups excluding carboxylic acids is 1. The van der Waals surface area contributed by atoms with Crippen molar-refractivity contribution in [3.8, 4) is 5.75 Å². The monoisotopic (exact) mass is 256 g/mol. The van der Waals surface area contributed by atoms with Crippen molar-refractivity contribution in [1.82, 2.24) is 0 Å². The van der Waals surface area contributed by atoms with E-state index >= 15 is 0 Å². The van der Waals surface area contributed by atoms with Gasteiger partial charge < -0.3 is 9.84 Å². The third-order valence-corrected chi connectivity index (χ3v) is 2.89. The number of hydrogen-bond acceptors (Lipinski definition) is 3. The van der Waals surface area contributed by atoms with Gasteiger partial charge in [0.2, 0.25) is 0 Å². The SMILES string of the molecule is Cc1cc(CCOC(=O)c2ccccc2)ccc1O. The number of benzene rings is 2. The molecule has 0 fully saturated rings. The normalized spacial score (nSPS) is 10.2. The Labute approximate surface area is 112 Å². The Bertz CT molecular complexity index is 561. The van der Waals surface area contributed by atoms with E-state index in [1.54, 1.807) is 30.3 Å². The lowest BCUT2D eigenvalue weighted by Gasteiger charge is -2.06. The lowest BCUT2D eigenvalue weighted by molar-refractivity contribution is 0.0509. The van der Waals surface area contributed by atoms with E-state index in [-0.39, 0.29) is 11.7 Å². The highest BCUT2D eigenvalue weighted by Crippen LogP contribution is 2.17. The number of aromatic hydroxyl groups is 1. The van der Waals surface area contributed by atoms with Crippen LogP contribution in [-0.4, -0.2) is 17.7 Å². The van der Waals surface area contributed by atoms with E-state index in [9.17, 15) is 9.90 Å². The van der Waals surface area contributed by atoms with Gasteiger partial charge in [0.1, 0.15) is 5.75 Å². The Balaban J connectivity index is 1.87. The molecule has 0 heterocycles. The molecule has 3 heteroatoms. The zero-order valence-corrected chi connectivity index (χ0v) is 10.8. The number of aryl methyl sites for hydroxylation is 1. The minimum absolute atomic E-state index is 0.282. The molecule has 0 saturated carbocycles. The first-order chi connectivity index (χ1) is 9.16. The number of carbonyl (C=O) groups is 1. The van der Waals surface area contributed by atoms with Crippen LogP contribution in [0.2, 0.25) is 0 Å². The summed E-state index contributed by atoms with van der Waals surface area (Å²) in [5, 5.41) is 9.42. The second-order valence-electron chi connectivity index (χ2n) is 4.37. The summed E-state index contributed by atoms with van der Waals surface area (Å²) in [4.78, 5) is 11.7. The number of hydrogen-bond donors (Lipinski definition) is 1. The first kappa shape index (κ1) is 13.1. The van der Waals surface area contributed by atoms with Crippen LogP contribution in [0.25, 0.3) is 0 Å². The predicted octanol–water partition coefficient (Wildman–Crippen LogP) is 3.10. The summed E-state index contributed by atoms with van der Waals surface area (Å²) >= 11 is 0. The molecule has 98 valence electrons. The van der Waals surface area contributed by atoms with Crippen molar-refractivity contribution in [2.75, 3.05) is 6.61 Å². The molecule has 0 aromatic heterocycles. The lowest BCUT2D eigenvalue weighted by Crippen LogP contribution is -2.08. The molecule has 0 bridgehead atoms.